The van der Waals surface area contributed by atoms with Crippen molar-refractivity contribution in [1.82, 2.24) is 10.2 Å². The third-order valence-electron chi connectivity index (χ3n) is 5.71. The third-order valence-corrected chi connectivity index (χ3v) is 6.71. The first-order valence-electron chi connectivity index (χ1n) is 11.1. The second-order valence-electron chi connectivity index (χ2n) is 8.02. The SMILES string of the molecule is CC[C@@H](C(=O)NC1CCCCC1)N(Cc1ccc(F)cc1)C(=O)CSc1ccccc1. The Hall–Kier alpha value is -2.34. The second kappa shape index (κ2) is 11.9. The molecule has 1 aliphatic carbocycles. The fourth-order valence-corrected chi connectivity index (χ4v) is 4.80. The lowest BCUT2D eigenvalue weighted by Gasteiger charge is -2.32. The van der Waals surface area contributed by atoms with Gasteiger partial charge in [0.2, 0.25) is 11.8 Å². The lowest BCUT2D eigenvalue weighted by molar-refractivity contribution is -0.139. The molecule has 0 spiro atoms. The number of hydrogen-bond donors (Lipinski definition) is 1. The molecule has 166 valence electrons. The highest BCUT2D eigenvalue weighted by molar-refractivity contribution is 8.00. The summed E-state index contributed by atoms with van der Waals surface area (Å²) in [6.07, 6.45) is 6.01. The maximum absolute atomic E-state index is 13.4. The molecule has 2 aromatic rings. The van der Waals surface area contributed by atoms with Gasteiger partial charge >= 0.3 is 0 Å². The molecular weight excluding hydrogens is 411 g/mol. The molecular formula is C25H31FN2O2S. The zero-order valence-corrected chi connectivity index (χ0v) is 18.9. The molecule has 1 saturated carbocycles. The Morgan fingerprint density at radius 1 is 1.06 bits per heavy atom. The molecule has 4 nitrogen and oxygen atoms in total. The highest BCUT2D eigenvalue weighted by atomic mass is 32.2. The molecule has 0 aromatic heterocycles. The number of nitrogens with one attached hydrogen (secondary N) is 1. The van der Waals surface area contributed by atoms with E-state index in [1.807, 2.05) is 37.3 Å². The van der Waals surface area contributed by atoms with Gasteiger partial charge in [-0.2, -0.15) is 0 Å². The molecule has 0 saturated heterocycles. The van der Waals surface area contributed by atoms with E-state index in [1.165, 1.54) is 30.3 Å². The van der Waals surface area contributed by atoms with Crippen LogP contribution in [0.15, 0.2) is 59.5 Å². The Morgan fingerprint density at radius 3 is 2.39 bits per heavy atom. The first-order valence-corrected chi connectivity index (χ1v) is 12.1. The van der Waals surface area contributed by atoms with Crippen molar-refractivity contribution in [3.63, 3.8) is 0 Å². The van der Waals surface area contributed by atoms with Crippen LogP contribution >= 0.6 is 11.8 Å². The van der Waals surface area contributed by atoms with Crippen molar-refractivity contribution in [1.29, 1.82) is 0 Å². The lowest BCUT2D eigenvalue weighted by atomic mass is 9.95. The molecule has 3 rings (SSSR count). The Balaban J connectivity index is 1.73. The maximum atomic E-state index is 13.4. The number of amides is 2. The van der Waals surface area contributed by atoms with Crippen LogP contribution in [0.5, 0.6) is 0 Å². The predicted octanol–water partition coefficient (Wildman–Crippen LogP) is 5.17. The van der Waals surface area contributed by atoms with Crippen molar-refractivity contribution in [2.45, 2.75) is 69.0 Å². The topological polar surface area (TPSA) is 49.4 Å². The molecule has 0 aliphatic heterocycles. The number of rotatable bonds is 9. The van der Waals surface area contributed by atoms with Crippen LogP contribution in [0.25, 0.3) is 0 Å². The summed E-state index contributed by atoms with van der Waals surface area (Å²) in [6.45, 7) is 2.21. The molecule has 0 radical (unpaired) electrons. The molecule has 6 heteroatoms. The number of carbonyl (C=O) groups is 2. The number of thioether (sulfide) groups is 1. The van der Waals surface area contributed by atoms with Gasteiger partial charge in [0.05, 0.1) is 5.75 Å². The summed E-state index contributed by atoms with van der Waals surface area (Å²) in [5, 5.41) is 3.17. The van der Waals surface area contributed by atoms with E-state index in [1.54, 1.807) is 17.0 Å². The first kappa shape index (κ1) is 23.3. The fourth-order valence-electron chi connectivity index (χ4n) is 4.00. The lowest BCUT2D eigenvalue weighted by Crippen LogP contribution is -2.52. The quantitative estimate of drug-likeness (QED) is 0.545. The number of hydrogen-bond acceptors (Lipinski definition) is 3. The number of carbonyl (C=O) groups excluding carboxylic acids is 2. The highest BCUT2D eigenvalue weighted by Gasteiger charge is 2.30. The average molecular weight is 443 g/mol. The van der Waals surface area contributed by atoms with Gasteiger partial charge in [0.15, 0.2) is 0 Å². The molecule has 2 amide bonds. The van der Waals surface area contributed by atoms with Crippen molar-refractivity contribution < 1.29 is 14.0 Å². The van der Waals surface area contributed by atoms with E-state index in [4.69, 9.17) is 0 Å². The molecule has 1 fully saturated rings. The van der Waals surface area contributed by atoms with Gasteiger partial charge in [-0.25, -0.2) is 4.39 Å². The molecule has 31 heavy (non-hydrogen) atoms. The van der Waals surface area contributed by atoms with Crippen LogP contribution in [-0.4, -0.2) is 34.6 Å². The minimum absolute atomic E-state index is 0.0884. The zero-order chi connectivity index (χ0) is 22.1. The second-order valence-corrected chi connectivity index (χ2v) is 9.07. The Bertz CT molecular complexity index is 838. The molecule has 1 atom stereocenters. The van der Waals surface area contributed by atoms with Crippen molar-refractivity contribution in [3.8, 4) is 0 Å². The molecule has 1 aliphatic rings. The van der Waals surface area contributed by atoms with Crippen LogP contribution < -0.4 is 5.32 Å². The molecule has 0 bridgehead atoms. The van der Waals surface area contributed by atoms with Gasteiger partial charge in [0.1, 0.15) is 11.9 Å². The number of nitrogens with zero attached hydrogens (tertiary/aromatic N) is 1. The van der Waals surface area contributed by atoms with Crippen LogP contribution in [0, 0.1) is 5.82 Å². The maximum Gasteiger partial charge on any atom is 0.243 e. The van der Waals surface area contributed by atoms with Crippen molar-refractivity contribution in [2.75, 3.05) is 5.75 Å². The van der Waals surface area contributed by atoms with E-state index < -0.39 is 6.04 Å². The number of benzene rings is 2. The largest absolute Gasteiger partial charge is 0.352 e. The Morgan fingerprint density at radius 2 is 1.74 bits per heavy atom. The van der Waals surface area contributed by atoms with Gasteiger partial charge in [0.25, 0.3) is 0 Å². The smallest absolute Gasteiger partial charge is 0.243 e. The summed E-state index contributed by atoms with van der Waals surface area (Å²) in [7, 11) is 0. The number of halogens is 1. The van der Waals surface area contributed by atoms with Crippen LogP contribution in [0.1, 0.15) is 51.0 Å². The predicted molar refractivity (Wildman–Crippen MR) is 123 cm³/mol. The Kier molecular flexibility index (Phi) is 8.95. The monoisotopic (exact) mass is 442 g/mol. The summed E-state index contributed by atoms with van der Waals surface area (Å²) in [5.41, 5.74) is 0.809. The fraction of sp³-hybridized carbons (Fsp3) is 0.440. The summed E-state index contributed by atoms with van der Waals surface area (Å²) in [5.74, 6) is -0.250. The van der Waals surface area contributed by atoms with E-state index in [9.17, 15) is 14.0 Å². The summed E-state index contributed by atoms with van der Waals surface area (Å²) < 4.78 is 13.4. The van der Waals surface area contributed by atoms with E-state index >= 15 is 0 Å². The Labute approximate surface area is 188 Å². The summed E-state index contributed by atoms with van der Waals surface area (Å²) >= 11 is 1.46. The standard InChI is InChI=1S/C25H31FN2O2S/c1-2-23(25(30)27-21-9-5-3-6-10-21)28(17-19-13-15-20(26)16-14-19)24(29)18-31-22-11-7-4-8-12-22/h4,7-8,11-16,21,23H,2-3,5-6,9-10,17-18H2,1H3,(H,27,30)/t23-/m0/s1. The minimum atomic E-state index is -0.546. The molecule has 0 unspecified atom stereocenters. The normalized spacial score (nSPS) is 15.3. The van der Waals surface area contributed by atoms with Gasteiger partial charge in [-0.05, 0) is 49.1 Å². The summed E-state index contributed by atoms with van der Waals surface area (Å²) in [6, 6.07) is 15.5. The van der Waals surface area contributed by atoms with E-state index in [0.717, 1.165) is 36.1 Å². The van der Waals surface area contributed by atoms with Gasteiger partial charge in [-0.15, -0.1) is 11.8 Å². The van der Waals surface area contributed by atoms with Gasteiger partial charge in [-0.3, -0.25) is 9.59 Å². The summed E-state index contributed by atoms with van der Waals surface area (Å²) in [4.78, 5) is 29.0. The van der Waals surface area contributed by atoms with Crippen LogP contribution in [0.2, 0.25) is 0 Å². The first-order chi connectivity index (χ1) is 15.1. The molecule has 2 aromatic carbocycles. The van der Waals surface area contributed by atoms with Gasteiger partial charge in [-0.1, -0.05) is 56.5 Å². The van der Waals surface area contributed by atoms with Crippen LogP contribution in [0.3, 0.4) is 0 Å². The third kappa shape index (κ3) is 7.10. The van der Waals surface area contributed by atoms with Crippen LogP contribution in [-0.2, 0) is 16.1 Å². The molecule has 0 heterocycles. The van der Waals surface area contributed by atoms with Crippen molar-refractivity contribution in [2.24, 2.45) is 0 Å². The van der Waals surface area contributed by atoms with E-state index in [2.05, 4.69) is 5.32 Å². The highest BCUT2D eigenvalue weighted by Crippen LogP contribution is 2.22. The zero-order valence-electron chi connectivity index (χ0n) is 18.1. The molecule has 1 N–H and O–H groups in total. The minimum Gasteiger partial charge on any atom is -0.352 e. The van der Waals surface area contributed by atoms with Crippen molar-refractivity contribution >= 4 is 23.6 Å². The van der Waals surface area contributed by atoms with Crippen LogP contribution in [0.4, 0.5) is 4.39 Å². The van der Waals surface area contributed by atoms with E-state index in [0.29, 0.717) is 6.42 Å². The van der Waals surface area contributed by atoms with Crippen molar-refractivity contribution in [3.05, 3.63) is 66.0 Å². The average Bonchev–Trinajstić information content (AvgIpc) is 2.80. The van der Waals surface area contributed by atoms with Gasteiger partial charge in [0, 0.05) is 17.5 Å². The van der Waals surface area contributed by atoms with Gasteiger partial charge < -0.3 is 10.2 Å². The van der Waals surface area contributed by atoms with E-state index in [-0.39, 0.29) is 36.0 Å².